The molecule has 0 aromatic carbocycles. The molecular weight excluding hydrogens is 366 g/mol. The van der Waals surface area contributed by atoms with Crippen LogP contribution in [0.2, 0.25) is 0 Å². The molecule has 10 nitrogen and oxygen atoms in total. The van der Waals surface area contributed by atoms with Gasteiger partial charge < -0.3 is 4.90 Å². The number of anilines is 2. The molecular formula is C16H19N9OS. The Morgan fingerprint density at radius 2 is 2.04 bits per heavy atom. The summed E-state index contributed by atoms with van der Waals surface area (Å²) in [5.41, 5.74) is 1.59. The SMILES string of the molecule is Cc1nccn1-c1cncc(N2CCN(CC(=O)Nc3nncs3)CC2)n1. The molecule has 1 aliphatic rings. The van der Waals surface area contributed by atoms with Gasteiger partial charge in [-0.25, -0.2) is 9.97 Å². The first kappa shape index (κ1) is 17.5. The molecule has 1 N–H and O–H groups in total. The standard InChI is InChI=1S/C16H19N9OS/c1-12-18-2-3-25(12)14-9-17-8-13(20-14)24-6-4-23(5-7-24)10-15(26)21-16-22-19-11-27-16/h2-3,8-9,11H,4-7,10H2,1H3,(H,21,22,26). The molecule has 0 bridgehead atoms. The molecule has 3 aromatic rings. The summed E-state index contributed by atoms with van der Waals surface area (Å²) in [7, 11) is 0. The smallest absolute Gasteiger partial charge is 0.240 e. The van der Waals surface area contributed by atoms with Crippen molar-refractivity contribution in [2.75, 3.05) is 42.9 Å². The summed E-state index contributed by atoms with van der Waals surface area (Å²) in [6, 6.07) is 0. The van der Waals surface area contributed by atoms with Crippen molar-refractivity contribution in [2.45, 2.75) is 6.92 Å². The van der Waals surface area contributed by atoms with Gasteiger partial charge in [0.15, 0.2) is 5.82 Å². The van der Waals surface area contributed by atoms with Gasteiger partial charge in [0.2, 0.25) is 11.0 Å². The van der Waals surface area contributed by atoms with E-state index < -0.39 is 0 Å². The van der Waals surface area contributed by atoms with Crippen molar-refractivity contribution in [1.29, 1.82) is 0 Å². The topological polar surface area (TPSA) is 105 Å². The third kappa shape index (κ3) is 4.09. The molecule has 140 valence electrons. The minimum absolute atomic E-state index is 0.0717. The molecule has 0 atom stereocenters. The van der Waals surface area contributed by atoms with Gasteiger partial charge in [0.05, 0.1) is 18.9 Å². The predicted octanol–water partition coefficient (Wildman–Crippen LogP) is 0.583. The molecule has 0 spiro atoms. The van der Waals surface area contributed by atoms with Gasteiger partial charge in [-0.2, -0.15) is 0 Å². The van der Waals surface area contributed by atoms with Gasteiger partial charge >= 0.3 is 0 Å². The number of nitrogens with zero attached hydrogens (tertiary/aromatic N) is 8. The van der Waals surface area contributed by atoms with Crippen molar-refractivity contribution in [3.8, 4) is 5.82 Å². The number of rotatable bonds is 5. The largest absolute Gasteiger partial charge is 0.353 e. The minimum atomic E-state index is -0.0717. The van der Waals surface area contributed by atoms with Gasteiger partial charge in [0.25, 0.3) is 0 Å². The summed E-state index contributed by atoms with van der Waals surface area (Å²) in [5.74, 6) is 2.38. The van der Waals surface area contributed by atoms with E-state index in [1.807, 2.05) is 17.7 Å². The van der Waals surface area contributed by atoms with Crippen molar-refractivity contribution in [3.63, 3.8) is 0 Å². The fourth-order valence-electron chi connectivity index (χ4n) is 2.96. The summed E-state index contributed by atoms with van der Waals surface area (Å²) >= 11 is 1.31. The lowest BCUT2D eigenvalue weighted by Crippen LogP contribution is -2.49. The zero-order chi connectivity index (χ0) is 18.6. The van der Waals surface area contributed by atoms with Crippen LogP contribution < -0.4 is 10.2 Å². The zero-order valence-corrected chi connectivity index (χ0v) is 15.6. The second-order valence-corrected chi connectivity index (χ2v) is 6.97. The molecule has 0 aliphatic carbocycles. The van der Waals surface area contributed by atoms with Crippen LogP contribution >= 0.6 is 11.3 Å². The monoisotopic (exact) mass is 385 g/mol. The summed E-state index contributed by atoms with van der Waals surface area (Å²) in [6.07, 6.45) is 7.12. The van der Waals surface area contributed by atoms with Crippen molar-refractivity contribution < 1.29 is 4.79 Å². The minimum Gasteiger partial charge on any atom is -0.353 e. The zero-order valence-electron chi connectivity index (χ0n) is 14.8. The van der Waals surface area contributed by atoms with E-state index in [-0.39, 0.29) is 5.91 Å². The molecule has 3 aromatic heterocycles. The highest BCUT2D eigenvalue weighted by Crippen LogP contribution is 2.16. The van der Waals surface area contributed by atoms with Crippen LogP contribution in [-0.4, -0.2) is 73.2 Å². The second kappa shape index (κ2) is 7.76. The van der Waals surface area contributed by atoms with E-state index in [0.717, 1.165) is 43.6 Å². The fraction of sp³-hybridized carbons (Fsp3) is 0.375. The average molecular weight is 385 g/mol. The van der Waals surface area contributed by atoms with Gasteiger partial charge in [-0.3, -0.25) is 24.6 Å². The normalized spacial score (nSPS) is 15.1. The summed E-state index contributed by atoms with van der Waals surface area (Å²) in [6.45, 7) is 5.40. The molecule has 4 heterocycles. The molecule has 1 fully saturated rings. The van der Waals surface area contributed by atoms with Crippen LogP contribution in [0.1, 0.15) is 5.82 Å². The lowest BCUT2D eigenvalue weighted by molar-refractivity contribution is -0.117. The Morgan fingerprint density at radius 3 is 2.74 bits per heavy atom. The van der Waals surface area contributed by atoms with Gasteiger partial charge in [-0.15, -0.1) is 10.2 Å². The quantitative estimate of drug-likeness (QED) is 0.680. The van der Waals surface area contributed by atoms with Crippen molar-refractivity contribution in [2.24, 2.45) is 0 Å². The van der Waals surface area contributed by atoms with E-state index in [1.54, 1.807) is 24.1 Å². The fourth-order valence-corrected chi connectivity index (χ4v) is 3.42. The van der Waals surface area contributed by atoms with Crippen molar-refractivity contribution >= 4 is 28.2 Å². The number of hydrogen-bond acceptors (Lipinski definition) is 9. The molecule has 27 heavy (non-hydrogen) atoms. The third-order valence-electron chi connectivity index (χ3n) is 4.35. The number of hydrogen-bond donors (Lipinski definition) is 1. The summed E-state index contributed by atoms with van der Waals surface area (Å²) < 4.78 is 1.91. The Kier molecular flexibility index (Phi) is 5.03. The van der Waals surface area contributed by atoms with E-state index in [1.165, 1.54) is 11.3 Å². The van der Waals surface area contributed by atoms with Crippen LogP contribution in [0.5, 0.6) is 0 Å². The lowest BCUT2D eigenvalue weighted by atomic mass is 10.3. The third-order valence-corrected chi connectivity index (χ3v) is 4.96. The number of nitrogens with one attached hydrogen (secondary N) is 1. The highest BCUT2D eigenvalue weighted by molar-refractivity contribution is 7.13. The Labute approximate surface area is 159 Å². The number of amides is 1. The van der Waals surface area contributed by atoms with Gasteiger partial charge in [0, 0.05) is 38.6 Å². The van der Waals surface area contributed by atoms with E-state index >= 15 is 0 Å². The van der Waals surface area contributed by atoms with Crippen molar-refractivity contribution in [3.05, 3.63) is 36.1 Å². The molecule has 1 amide bonds. The summed E-state index contributed by atoms with van der Waals surface area (Å²) in [4.78, 5) is 29.6. The number of imidazole rings is 1. The van der Waals surface area contributed by atoms with Crippen LogP contribution in [0, 0.1) is 6.92 Å². The number of piperazine rings is 1. The molecule has 1 saturated heterocycles. The average Bonchev–Trinajstić information content (AvgIpc) is 3.34. The van der Waals surface area contributed by atoms with E-state index in [2.05, 4.69) is 35.3 Å². The Morgan fingerprint density at radius 1 is 1.22 bits per heavy atom. The van der Waals surface area contributed by atoms with Crippen LogP contribution in [-0.2, 0) is 4.79 Å². The first-order chi connectivity index (χ1) is 13.2. The number of carbonyl (C=O) groups is 1. The molecule has 0 saturated carbocycles. The maximum absolute atomic E-state index is 12.1. The van der Waals surface area contributed by atoms with Gasteiger partial charge in [-0.05, 0) is 6.92 Å². The van der Waals surface area contributed by atoms with Crippen LogP contribution in [0.25, 0.3) is 5.82 Å². The maximum atomic E-state index is 12.1. The summed E-state index contributed by atoms with van der Waals surface area (Å²) in [5, 5.41) is 10.8. The van der Waals surface area contributed by atoms with E-state index in [9.17, 15) is 4.79 Å². The molecule has 0 unspecified atom stereocenters. The Balaban J connectivity index is 1.34. The number of aryl methyl sites for hydroxylation is 1. The van der Waals surface area contributed by atoms with Crippen LogP contribution in [0.3, 0.4) is 0 Å². The Bertz CT molecular complexity index is 902. The number of aromatic nitrogens is 6. The van der Waals surface area contributed by atoms with Crippen LogP contribution in [0.15, 0.2) is 30.3 Å². The first-order valence-corrected chi connectivity index (χ1v) is 9.43. The van der Waals surface area contributed by atoms with E-state index in [0.29, 0.717) is 11.7 Å². The second-order valence-electron chi connectivity index (χ2n) is 6.14. The maximum Gasteiger partial charge on any atom is 0.240 e. The van der Waals surface area contributed by atoms with Gasteiger partial charge in [-0.1, -0.05) is 11.3 Å². The van der Waals surface area contributed by atoms with Gasteiger partial charge in [0.1, 0.15) is 17.2 Å². The Hall–Kier alpha value is -2.92. The lowest BCUT2D eigenvalue weighted by Gasteiger charge is -2.34. The molecule has 1 aliphatic heterocycles. The number of carbonyl (C=O) groups excluding carboxylic acids is 1. The highest BCUT2D eigenvalue weighted by atomic mass is 32.1. The first-order valence-electron chi connectivity index (χ1n) is 8.55. The molecule has 4 rings (SSSR count). The molecule has 11 heteroatoms. The van der Waals surface area contributed by atoms with Crippen LogP contribution in [0.4, 0.5) is 10.9 Å². The molecule has 0 radical (unpaired) electrons. The highest BCUT2D eigenvalue weighted by Gasteiger charge is 2.21. The predicted molar refractivity (Wildman–Crippen MR) is 101 cm³/mol. The van der Waals surface area contributed by atoms with Crippen molar-refractivity contribution in [1.82, 2.24) is 34.6 Å². The van der Waals surface area contributed by atoms with E-state index in [4.69, 9.17) is 4.98 Å².